The third kappa shape index (κ3) is 4.38. The highest BCUT2D eigenvalue weighted by atomic mass is 32.2. The number of aliphatic carboxylic acids is 1. The Morgan fingerprint density at radius 3 is 2.56 bits per heavy atom. The Morgan fingerprint density at radius 2 is 2.00 bits per heavy atom. The van der Waals surface area contributed by atoms with Gasteiger partial charge in [-0.2, -0.15) is 0 Å². The number of amides is 1. The number of nitrogens with zero attached hydrogens (tertiary/aromatic N) is 1. The summed E-state index contributed by atoms with van der Waals surface area (Å²) >= 11 is 1.22. The number of thioether (sulfide) groups is 1. The lowest BCUT2D eigenvalue weighted by Gasteiger charge is -2.17. The van der Waals surface area contributed by atoms with Crippen LogP contribution in [0.3, 0.4) is 0 Å². The number of benzene rings is 1. The first-order chi connectivity index (χ1) is 8.52. The zero-order chi connectivity index (χ0) is 13.5. The number of anilines is 1. The number of para-hydroxylation sites is 1. The van der Waals surface area contributed by atoms with E-state index in [0.29, 0.717) is 0 Å². The Hall–Kier alpha value is -1.53. The Morgan fingerprint density at radius 1 is 1.39 bits per heavy atom. The van der Waals surface area contributed by atoms with Gasteiger partial charge >= 0.3 is 5.97 Å². The zero-order valence-corrected chi connectivity index (χ0v) is 10.9. The fourth-order valence-electron chi connectivity index (χ4n) is 1.24. The Bertz CT molecular complexity index is 411. The van der Waals surface area contributed by atoms with E-state index >= 15 is 0 Å². The second-order valence-corrected chi connectivity index (χ2v) is 4.78. The molecular weight excluding hydrogens is 252 g/mol. The van der Waals surface area contributed by atoms with Gasteiger partial charge in [0.1, 0.15) is 6.04 Å². The minimum atomic E-state index is -1.05. The van der Waals surface area contributed by atoms with Crippen LogP contribution in [0.15, 0.2) is 30.3 Å². The smallest absolute Gasteiger partial charge is 0.321 e. The summed E-state index contributed by atoms with van der Waals surface area (Å²) < 4.78 is 0. The molecule has 3 N–H and O–H groups in total. The lowest BCUT2D eigenvalue weighted by molar-refractivity contribution is -0.137. The van der Waals surface area contributed by atoms with Crippen molar-refractivity contribution < 1.29 is 14.7 Å². The minimum absolute atomic E-state index is 0.0798. The van der Waals surface area contributed by atoms with Crippen LogP contribution >= 0.6 is 11.8 Å². The van der Waals surface area contributed by atoms with Gasteiger partial charge in [-0.25, -0.2) is 0 Å². The van der Waals surface area contributed by atoms with Crippen LogP contribution in [0.25, 0.3) is 0 Å². The highest BCUT2D eigenvalue weighted by Crippen LogP contribution is 2.13. The molecular formula is C12H16N2O3S. The van der Waals surface area contributed by atoms with Gasteiger partial charge in [0.25, 0.3) is 0 Å². The molecule has 0 aliphatic carbocycles. The highest BCUT2D eigenvalue weighted by Gasteiger charge is 2.14. The van der Waals surface area contributed by atoms with Crippen molar-refractivity contribution in [1.82, 2.24) is 0 Å². The Labute approximate surface area is 110 Å². The van der Waals surface area contributed by atoms with E-state index in [1.807, 2.05) is 30.3 Å². The molecule has 0 saturated heterocycles. The first kappa shape index (κ1) is 14.5. The maximum absolute atomic E-state index is 11.8. The van der Waals surface area contributed by atoms with E-state index in [2.05, 4.69) is 0 Å². The molecule has 0 unspecified atom stereocenters. The van der Waals surface area contributed by atoms with Crippen LogP contribution in [0.2, 0.25) is 0 Å². The summed E-state index contributed by atoms with van der Waals surface area (Å²) in [5.74, 6) is -0.689. The molecule has 0 fully saturated rings. The molecule has 0 aliphatic rings. The molecule has 1 aromatic carbocycles. The van der Waals surface area contributed by atoms with Crippen molar-refractivity contribution >= 4 is 29.3 Å². The van der Waals surface area contributed by atoms with E-state index in [0.717, 1.165) is 5.69 Å². The van der Waals surface area contributed by atoms with E-state index in [-0.39, 0.29) is 17.4 Å². The largest absolute Gasteiger partial charge is 0.480 e. The summed E-state index contributed by atoms with van der Waals surface area (Å²) in [5.41, 5.74) is 6.16. The highest BCUT2D eigenvalue weighted by molar-refractivity contribution is 8.00. The van der Waals surface area contributed by atoms with Crippen molar-refractivity contribution in [3.8, 4) is 0 Å². The van der Waals surface area contributed by atoms with Gasteiger partial charge in [0.05, 0.1) is 5.75 Å². The average Bonchev–Trinajstić information content (AvgIpc) is 2.38. The van der Waals surface area contributed by atoms with Gasteiger partial charge in [0.2, 0.25) is 5.91 Å². The van der Waals surface area contributed by atoms with Gasteiger partial charge in [-0.15, -0.1) is 11.8 Å². The van der Waals surface area contributed by atoms with E-state index in [1.165, 1.54) is 11.8 Å². The van der Waals surface area contributed by atoms with Crippen LogP contribution in [0.4, 0.5) is 5.69 Å². The number of carboxylic acids is 1. The summed E-state index contributed by atoms with van der Waals surface area (Å²) in [5, 5.41) is 8.60. The summed E-state index contributed by atoms with van der Waals surface area (Å²) in [6.45, 7) is 0. The first-order valence-corrected chi connectivity index (χ1v) is 6.55. The minimum Gasteiger partial charge on any atom is -0.480 e. The number of carbonyl (C=O) groups excluding carboxylic acids is 1. The van der Waals surface area contributed by atoms with Gasteiger partial charge < -0.3 is 15.7 Å². The standard InChI is InChI=1S/C12H16N2O3S/c1-14(9-5-3-2-4-6-9)11(15)8-18-7-10(13)12(16)17/h2-6,10H,7-8,13H2,1H3,(H,16,17)/t10-/m1/s1. The molecule has 1 rings (SSSR count). The molecule has 18 heavy (non-hydrogen) atoms. The maximum Gasteiger partial charge on any atom is 0.321 e. The summed E-state index contributed by atoms with van der Waals surface area (Å²) in [7, 11) is 1.69. The summed E-state index contributed by atoms with van der Waals surface area (Å²) in [6, 6.07) is 8.34. The molecule has 1 amide bonds. The molecule has 1 aromatic rings. The molecule has 0 saturated carbocycles. The van der Waals surface area contributed by atoms with E-state index in [1.54, 1.807) is 11.9 Å². The second kappa shape index (κ2) is 7.03. The lowest BCUT2D eigenvalue weighted by Crippen LogP contribution is -2.34. The maximum atomic E-state index is 11.8. The Balaban J connectivity index is 2.40. The van der Waals surface area contributed by atoms with Crippen LogP contribution in [0.1, 0.15) is 0 Å². The number of rotatable bonds is 6. The molecule has 1 atom stereocenters. The Kier molecular flexibility index (Phi) is 5.67. The van der Waals surface area contributed by atoms with E-state index in [9.17, 15) is 9.59 Å². The van der Waals surface area contributed by atoms with E-state index in [4.69, 9.17) is 10.8 Å². The topological polar surface area (TPSA) is 83.6 Å². The van der Waals surface area contributed by atoms with Crippen LogP contribution in [-0.2, 0) is 9.59 Å². The predicted molar refractivity (Wildman–Crippen MR) is 72.8 cm³/mol. The third-order valence-corrected chi connectivity index (χ3v) is 3.40. The van der Waals surface area contributed by atoms with Gasteiger partial charge in [0, 0.05) is 18.5 Å². The zero-order valence-electron chi connectivity index (χ0n) is 10.1. The van der Waals surface area contributed by atoms with E-state index < -0.39 is 12.0 Å². The van der Waals surface area contributed by atoms with Crippen LogP contribution in [-0.4, -0.2) is 41.6 Å². The summed E-state index contributed by atoms with van der Waals surface area (Å²) in [6.07, 6.45) is 0. The third-order valence-electron chi connectivity index (χ3n) is 2.36. The number of hydrogen-bond acceptors (Lipinski definition) is 4. The number of hydrogen-bond donors (Lipinski definition) is 2. The van der Waals surface area contributed by atoms with Crippen molar-refractivity contribution in [1.29, 1.82) is 0 Å². The number of carbonyl (C=O) groups is 2. The van der Waals surface area contributed by atoms with Gasteiger partial charge in [-0.1, -0.05) is 18.2 Å². The number of nitrogens with two attached hydrogens (primary N) is 1. The fourth-order valence-corrected chi connectivity index (χ4v) is 2.12. The molecule has 5 nitrogen and oxygen atoms in total. The molecule has 0 bridgehead atoms. The molecule has 6 heteroatoms. The predicted octanol–water partition coefficient (Wildman–Crippen LogP) is 0.794. The average molecular weight is 268 g/mol. The van der Waals surface area contributed by atoms with Gasteiger partial charge in [-0.3, -0.25) is 9.59 Å². The van der Waals surface area contributed by atoms with Crippen molar-refractivity contribution in [2.24, 2.45) is 5.73 Å². The molecule has 0 aliphatic heterocycles. The summed E-state index contributed by atoms with van der Waals surface area (Å²) in [4.78, 5) is 23.8. The normalized spacial score (nSPS) is 11.9. The van der Waals surface area contributed by atoms with Crippen LogP contribution < -0.4 is 10.6 Å². The molecule has 98 valence electrons. The molecule has 0 aromatic heterocycles. The molecule has 0 radical (unpaired) electrons. The van der Waals surface area contributed by atoms with Crippen molar-refractivity contribution in [2.75, 3.05) is 23.5 Å². The van der Waals surface area contributed by atoms with Gasteiger partial charge in [-0.05, 0) is 12.1 Å². The fraction of sp³-hybridized carbons (Fsp3) is 0.333. The quantitative estimate of drug-likeness (QED) is 0.797. The second-order valence-electron chi connectivity index (χ2n) is 3.75. The molecule has 0 spiro atoms. The van der Waals surface area contributed by atoms with Crippen LogP contribution in [0.5, 0.6) is 0 Å². The van der Waals surface area contributed by atoms with Crippen molar-refractivity contribution in [3.63, 3.8) is 0 Å². The number of carboxylic acid groups (broad SMARTS) is 1. The van der Waals surface area contributed by atoms with Gasteiger partial charge in [0.15, 0.2) is 0 Å². The van der Waals surface area contributed by atoms with Crippen LogP contribution in [0, 0.1) is 0 Å². The SMILES string of the molecule is CN(C(=O)CSC[C@@H](N)C(=O)O)c1ccccc1. The monoisotopic (exact) mass is 268 g/mol. The van der Waals surface area contributed by atoms with Crippen molar-refractivity contribution in [3.05, 3.63) is 30.3 Å². The molecule has 0 heterocycles. The lowest BCUT2D eigenvalue weighted by atomic mass is 10.3. The van der Waals surface area contributed by atoms with Crippen molar-refractivity contribution in [2.45, 2.75) is 6.04 Å². The first-order valence-electron chi connectivity index (χ1n) is 5.40.